The van der Waals surface area contributed by atoms with Crippen LogP contribution in [0.5, 0.6) is 0 Å². The van der Waals surface area contributed by atoms with Gasteiger partial charge in [-0.05, 0) is 59.5 Å². The van der Waals surface area contributed by atoms with Crippen LogP contribution in [-0.4, -0.2) is 18.2 Å². The van der Waals surface area contributed by atoms with Crippen molar-refractivity contribution in [2.45, 2.75) is 44.1 Å². The van der Waals surface area contributed by atoms with Gasteiger partial charge in [0.15, 0.2) is 0 Å². The lowest BCUT2D eigenvalue weighted by atomic mass is 9.95. The maximum Gasteiger partial charge on any atom is 0.0733 e. The number of fused-ring (bicyclic) bond motifs is 2. The van der Waals surface area contributed by atoms with Crippen LogP contribution in [0.1, 0.15) is 24.8 Å². The minimum atomic E-state index is 0.480. The summed E-state index contributed by atoms with van der Waals surface area (Å²) >= 11 is 2.34. The zero-order chi connectivity index (χ0) is 11.0. The predicted molar refractivity (Wildman–Crippen MR) is 72.3 cm³/mol. The van der Waals surface area contributed by atoms with Crippen molar-refractivity contribution in [1.29, 1.82) is 0 Å². The number of halogens is 1. The fourth-order valence-corrected chi connectivity index (χ4v) is 3.06. The van der Waals surface area contributed by atoms with Gasteiger partial charge in [0.05, 0.1) is 12.2 Å². The van der Waals surface area contributed by atoms with Crippen LogP contribution in [0.15, 0.2) is 24.3 Å². The molecule has 0 spiro atoms. The fraction of sp³-hybridized carbons (Fsp3) is 0.538. The van der Waals surface area contributed by atoms with Crippen molar-refractivity contribution in [3.8, 4) is 0 Å². The molecule has 0 amide bonds. The molecule has 2 aliphatic heterocycles. The van der Waals surface area contributed by atoms with Crippen molar-refractivity contribution in [3.63, 3.8) is 0 Å². The Kier molecular flexibility index (Phi) is 3.18. The molecule has 0 aliphatic carbocycles. The molecule has 2 bridgehead atoms. The summed E-state index contributed by atoms with van der Waals surface area (Å²) in [7, 11) is 0. The molecule has 2 heterocycles. The van der Waals surface area contributed by atoms with E-state index in [4.69, 9.17) is 4.74 Å². The third kappa shape index (κ3) is 2.26. The first-order chi connectivity index (χ1) is 7.81. The second kappa shape index (κ2) is 4.63. The predicted octanol–water partition coefficient (Wildman–Crippen LogP) is 2.70. The standard InChI is InChI=1S/C13H16INO/c14-10-3-1-9(2-4-10)8-15-12-7-11-5-6-13(12)16-11/h1-4,11-13,15H,5-8H2. The lowest BCUT2D eigenvalue weighted by Crippen LogP contribution is -2.36. The van der Waals surface area contributed by atoms with Crippen LogP contribution in [0.3, 0.4) is 0 Å². The molecule has 2 nitrogen and oxygen atoms in total. The van der Waals surface area contributed by atoms with Crippen molar-refractivity contribution in [2.24, 2.45) is 0 Å². The van der Waals surface area contributed by atoms with Crippen molar-refractivity contribution in [3.05, 3.63) is 33.4 Å². The highest BCUT2D eigenvalue weighted by molar-refractivity contribution is 14.1. The lowest BCUT2D eigenvalue weighted by molar-refractivity contribution is 0.0973. The topological polar surface area (TPSA) is 21.3 Å². The average Bonchev–Trinajstić information content (AvgIpc) is 2.90. The summed E-state index contributed by atoms with van der Waals surface area (Å²) in [4.78, 5) is 0. The quantitative estimate of drug-likeness (QED) is 0.861. The van der Waals surface area contributed by atoms with Crippen molar-refractivity contribution < 1.29 is 4.74 Å². The zero-order valence-electron chi connectivity index (χ0n) is 9.16. The number of ether oxygens (including phenoxy) is 1. The molecule has 0 saturated carbocycles. The van der Waals surface area contributed by atoms with Crippen LogP contribution in [0, 0.1) is 3.57 Å². The molecule has 86 valence electrons. The van der Waals surface area contributed by atoms with Gasteiger partial charge in [0, 0.05) is 16.2 Å². The van der Waals surface area contributed by atoms with E-state index in [1.165, 1.54) is 28.4 Å². The highest BCUT2D eigenvalue weighted by Crippen LogP contribution is 2.34. The Balaban J connectivity index is 1.55. The second-order valence-electron chi connectivity index (χ2n) is 4.72. The Labute approximate surface area is 110 Å². The molecule has 3 heteroatoms. The van der Waals surface area contributed by atoms with Gasteiger partial charge in [-0.3, -0.25) is 0 Å². The SMILES string of the molecule is Ic1ccc(CNC2CC3CCC2O3)cc1. The van der Waals surface area contributed by atoms with Crippen LogP contribution < -0.4 is 5.32 Å². The van der Waals surface area contributed by atoms with Crippen molar-refractivity contribution in [2.75, 3.05) is 0 Å². The van der Waals surface area contributed by atoms with Crippen molar-refractivity contribution in [1.82, 2.24) is 5.32 Å². The molecule has 3 atom stereocenters. The number of benzene rings is 1. The lowest BCUT2D eigenvalue weighted by Gasteiger charge is -2.20. The molecule has 1 aromatic carbocycles. The van der Waals surface area contributed by atoms with Gasteiger partial charge < -0.3 is 10.1 Å². The number of hydrogen-bond acceptors (Lipinski definition) is 2. The summed E-state index contributed by atoms with van der Waals surface area (Å²) in [6.45, 7) is 0.966. The molecule has 1 aromatic rings. The second-order valence-corrected chi connectivity index (χ2v) is 5.97. The minimum absolute atomic E-state index is 0.480. The number of rotatable bonds is 3. The molecule has 2 saturated heterocycles. The van der Waals surface area contributed by atoms with E-state index in [0.29, 0.717) is 18.2 Å². The Morgan fingerprint density at radius 2 is 2.06 bits per heavy atom. The van der Waals surface area contributed by atoms with Crippen LogP contribution in [0.25, 0.3) is 0 Å². The van der Waals surface area contributed by atoms with Gasteiger partial charge in [-0.15, -0.1) is 0 Å². The first-order valence-corrected chi connectivity index (χ1v) is 7.02. The van der Waals surface area contributed by atoms with Gasteiger partial charge >= 0.3 is 0 Å². The molecular formula is C13H16INO. The summed E-state index contributed by atoms with van der Waals surface area (Å²) in [6, 6.07) is 9.30. The Morgan fingerprint density at radius 1 is 1.25 bits per heavy atom. The molecular weight excluding hydrogens is 313 g/mol. The van der Waals surface area contributed by atoms with Crippen LogP contribution in [0.2, 0.25) is 0 Å². The van der Waals surface area contributed by atoms with E-state index in [9.17, 15) is 0 Å². The zero-order valence-corrected chi connectivity index (χ0v) is 11.3. The van der Waals surface area contributed by atoms with Gasteiger partial charge in [0.2, 0.25) is 0 Å². The maximum atomic E-state index is 5.83. The molecule has 1 N–H and O–H groups in total. The van der Waals surface area contributed by atoms with Crippen molar-refractivity contribution >= 4 is 22.6 Å². The van der Waals surface area contributed by atoms with E-state index < -0.39 is 0 Å². The molecule has 2 fully saturated rings. The molecule has 3 rings (SSSR count). The first kappa shape index (κ1) is 11.0. The molecule has 0 aromatic heterocycles. The van der Waals surface area contributed by atoms with E-state index in [0.717, 1.165) is 6.54 Å². The van der Waals surface area contributed by atoms with E-state index in [-0.39, 0.29) is 0 Å². The highest BCUT2D eigenvalue weighted by atomic mass is 127. The molecule has 2 aliphatic rings. The van der Waals surface area contributed by atoms with Gasteiger partial charge in [-0.25, -0.2) is 0 Å². The molecule has 16 heavy (non-hydrogen) atoms. The Hall–Kier alpha value is -0.130. The van der Waals surface area contributed by atoms with E-state index in [2.05, 4.69) is 52.2 Å². The maximum absolute atomic E-state index is 5.83. The van der Waals surface area contributed by atoms with Crippen LogP contribution >= 0.6 is 22.6 Å². The Bertz CT molecular complexity index is 365. The minimum Gasteiger partial charge on any atom is -0.373 e. The summed E-state index contributed by atoms with van der Waals surface area (Å²) in [5.41, 5.74) is 1.36. The first-order valence-electron chi connectivity index (χ1n) is 5.94. The van der Waals surface area contributed by atoms with E-state index in [1.807, 2.05) is 0 Å². The summed E-state index contributed by atoms with van der Waals surface area (Å²) in [5.74, 6) is 0. The summed E-state index contributed by atoms with van der Waals surface area (Å²) in [6.07, 6.45) is 4.74. The highest BCUT2D eigenvalue weighted by Gasteiger charge is 2.40. The monoisotopic (exact) mass is 329 g/mol. The number of nitrogens with one attached hydrogen (secondary N) is 1. The number of hydrogen-bond donors (Lipinski definition) is 1. The third-order valence-electron chi connectivity index (χ3n) is 3.59. The summed E-state index contributed by atoms with van der Waals surface area (Å²) < 4.78 is 7.12. The summed E-state index contributed by atoms with van der Waals surface area (Å²) in [5, 5.41) is 3.62. The third-order valence-corrected chi connectivity index (χ3v) is 4.31. The van der Waals surface area contributed by atoms with Gasteiger partial charge in [0.25, 0.3) is 0 Å². The normalized spacial score (nSPS) is 32.2. The molecule has 3 unspecified atom stereocenters. The largest absolute Gasteiger partial charge is 0.373 e. The smallest absolute Gasteiger partial charge is 0.0733 e. The van der Waals surface area contributed by atoms with Crippen LogP contribution in [0.4, 0.5) is 0 Å². The van der Waals surface area contributed by atoms with Gasteiger partial charge in [0.1, 0.15) is 0 Å². The van der Waals surface area contributed by atoms with E-state index in [1.54, 1.807) is 0 Å². The van der Waals surface area contributed by atoms with E-state index >= 15 is 0 Å². The molecule has 0 radical (unpaired) electrons. The van der Waals surface area contributed by atoms with Crippen LogP contribution in [-0.2, 0) is 11.3 Å². The van der Waals surface area contributed by atoms with Gasteiger partial charge in [-0.1, -0.05) is 12.1 Å². The fourth-order valence-electron chi connectivity index (χ4n) is 2.70. The Morgan fingerprint density at radius 3 is 2.69 bits per heavy atom. The van der Waals surface area contributed by atoms with Gasteiger partial charge in [-0.2, -0.15) is 0 Å². The average molecular weight is 329 g/mol.